The number of guanidine groups is 1. The molecule has 1 aromatic carbocycles. The van der Waals surface area contributed by atoms with Crippen molar-refractivity contribution >= 4 is 11.9 Å². The van der Waals surface area contributed by atoms with Gasteiger partial charge in [-0.15, -0.1) is 0 Å². The Balaban J connectivity index is 1.40. The fourth-order valence-corrected chi connectivity index (χ4v) is 5.11. The van der Waals surface area contributed by atoms with E-state index in [4.69, 9.17) is 9.47 Å². The molecular formula is C24H36N4O3. The normalized spacial score (nSPS) is 22.6. The number of rotatable bonds is 5. The fourth-order valence-electron chi connectivity index (χ4n) is 5.11. The van der Waals surface area contributed by atoms with Gasteiger partial charge in [0, 0.05) is 44.1 Å². The zero-order valence-corrected chi connectivity index (χ0v) is 19.1. The molecule has 0 aromatic heterocycles. The summed E-state index contributed by atoms with van der Waals surface area (Å²) in [5.41, 5.74) is 1.38. The summed E-state index contributed by atoms with van der Waals surface area (Å²) in [6.07, 6.45) is 7.01. The van der Waals surface area contributed by atoms with E-state index in [0.29, 0.717) is 6.79 Å². The Hall–Kier alpha value is -2.44. The number of hydrogen-bond donors (Lipinski definition) is 2. The van der Waals surface area contributed by atoms with E-state index in [1.54, 1.807) is 0 Å². The first-order valence-corrected chi connectivity index (χ1v) is 11.7. The SMILES string of the molecule is CN=C(NCC1(c2ccc3c(c2)OCO3)CCCCC1)NC1CCN(C(=O)C(C)C)C1. The molecule has 0 spiro atoms. The molecule has 7 heteroatoms. The lowest BCUT2D eigenvalue weighted by molar-refractivity contribution is -0.133. The molecule has 2 aliphatic heterocycles. The Bertz CT molecular complexity index is 817. The maximum absolute atomic E-state index is 12.3. The van der Waals surface area contributed by atoms with E-state index >= 15 is 0 Å². The van der Waals surface area contributed by atoms with E-state index in [2.05, 4.69) is 27.8 Å². The van der Waals surface area contributed by atoms with Crippen molar-refractivity contribution in [3.8, 4) is 11.5 Å². The Kier molecular flexibility index (Phi) is 6.58. The lowest BCUT2D eigenvalue weighted by Gasteiger charge is -2.38. The van der Waals surface area contributed by atoms with Crippen molar-refractivity contribution in [3.63, 3.8) is 0 Å². The molecule has 1 saturated heterocycles. The molecule has 0 bridgehead atoms. The maximum atomic E-state index is 12.3. The lowest BCUT2D eigenvalue weighted by atomic mass is 9.69. The molecule has 1 aliphatic carbocycles. The topological polar surface area (TPSA) is 75.2 Å². The summed E-state index contributed by atoms with van der Waals surface area (Å²) in [6.45, 7) is 6.61. The van der Waals surface area contributed by atoms with E-state index in [1.807, 2.05) is 31.9 Å². The van der Waals surface area contributed by atoms with Crippen LogP contribution in [0.15, 0.2) is 23.2 Å². The number of benzene rings is 1. The van der Waals surface area contributed by atoms with Gasteiger partial charge in [0.2, 0.25) is 12.7 Å². The Morgan fingerprint density at radius 1 is 1.23 bits per heavy atom. The van der Waals surface area contributed by atoms with Crippen LogP contribution in [0.1, 0.15) is 57.9 Å². The third kappa shape index (κ3) is 4.75. The molecule has 1 aromatic rings. The van der Waals surface area contributed by atoms with Gasteiger partial charge < -0.3 is 25.0 Å². The average Bonchev–Trinajstić information content (AvgIpc) is 3.45. The summed E-state index contributed by atoms with van der Waals surface area (Å²) in [5, 5.41) is 7.14. The van der Waals surface area contributed by atoms with Crippen LogP contribution >= 0.6 is 0 Å². The van der Waals surface area contributed by atoms with Crippen molar-refractivity contribution in [2.24, 2.45) is 10.9 Å². The number of ether oxygens (including phenoxy) is 2. The molecule has 3 aliphatic rings. The summed E-state index contributed by atoms with van der Waals surface area (Å²) >= 11 is 0. The van der Waals surface area contributed by atoms with Crippen molar-refractivity contribution in [2.45, 2.75) is 63.8 Å². The molecule has 1 unspecified atom stereocenters. The van der Waals surface area contributed by atoms with Crippen LogP contribution < -0.4 is 20.1 Å². The van der Waals surface area contributed by atoms with E-state index in [1.165, 1.54) is 24.8 Å². The van der Waals surface area contributed by atoms with Crippen LogP contribution in [0.4, 0.5) is 0 Å². The van der Waals surface area contributed by atoms with Crippen LogP contribution in [0.3, 0.4) is 0 Å². The molecule has 0 radical (unpaired) electrons. The molecular weight excluding hydrogens is 392 g/mol. The average molecular weight is 429 g/mol. The smallest absolute Gasteiger partial charge is 0.231 e. The minimum Gasteiger partial charge on any atom is -0.454 e. The van der Waals surface area contributed by atoms with Crippen LogP contribution in [-0.4, -0.2) is 56.3 Å². The quantitative estimate of drug-likeness (QED) is 0.557. The van der Waals surface area contributed by atoms with Crippen LogP contribution in [0.25, 0.3) is 0 Å². The number of amides is 1. The summed E-state index contributed by atoms with van der Waals surface area (Å²) < 4.78 is 11.2. The van der Waals surface area contributed by atoms with Crippen molar-refractivity contribution in [3.05, 3.63) is 23.8 Å². The Morgan fingerprint density at radius 2 is 2.00 bits per heavy atom. The Morgan fingerprint density at radius 3 is 2.74 bits per heavy atom. The van der Waals surface area contributed by atoms with Gasteiger partial charge in [0.05, 0.1) is 0 Å². The molecule has 7 nitrogen and oxygen atoms in total. The van der Waals surface area contributed by atoms with Gasteiger partial charge in [-0.1, -0.05) is 39.2 Å². The standard InChI is InChI=1S/C24H36N4O3/c1-17(2)22(29)28-12-9-19(14-28)27-23(25-3)26-15-24(10-5-4-6-11-24)18-7-8-20-21(13-18)31-16-30-20/h7-8,13,17,19H,4-6,9-12,14-16H2,1-3H3,(H2,25,26,27). The number of aliphatic imine (C=N–C) groups is 1. The Labute approximate surface area is 185 Å². The highest BCUT2D eigenvalue weighted by atomic mass is 16.7. The highest BCUT2D eigenvalue weighted by molar-refractivity contribution is 5.81. The zero-order chi connectivity index (χ0) is 21.8. The van der Waals surface area contributed by atoms with Gasteiger partial charge in [-0.2, -0.15) is 0 Å². The molecule has 1 saturated carbocycles. The van der Waals surface area contributed by atoms with Gasteiger partial charge in [-0.3, -0.25) is 9.79 Å². The summed E-state index contributed by atoms with van der Waals surface area (Å²) in [7, 11) is 1.81. The third-order valence-electron chi connectivity index (χ3n) is 6.95. The predicted molar refractivity (Wildman–Crippen MR) is 122 cm³/mol. The second kappa shape index (κ2) is 9.37. The second-order valence-electron chi connectivity index (χ2n) is 9.40. The zero-order valence-electron chi connectivity index (χ0n) is 19.1. The molecule has 1 amide bonds. The molecule has 2 heterocycles. The largest absolute Gasteiger partial charge is 0.454 e. The maximum Gasteiger partial charge on any atom is 0.231 e. The summed E-state index contributed by atoms with van der Waals surface area (Å²) in [6, 6.07) is 6.64. The molecule has 170 valence electrons. The minimum absolute atomic E-state index is 0.0454. The van der Waals surface area contributed by atoms with Gasteiger partial charge >= 0.3 is 0 Å². The van der Waals surface area contributed by atoms with Gasteiger partial charge in [-0.25, -0.2) is 0 Å². The van der Waals surface area contributed by atoms with Gasteiger partial charge in [0.25, 0.3) is 0 Å². The third-order valence-corrected chi connectivity index (χ3v) is 6.95. The first-order valence-electron chi connectivity index (χ1n) is 11.7. The van der Waals surface area contributed by atoms with E-state index in [9.17, 15) is 4.79 Å². The summed E-state index contributed by atoms with van der Waals surface area (Å²) in [4.78, 5) is 18.7. The van der Waals surface area contributed by atoms with Crippen LogP contribution in [-0.2, 0) is 10.2 Å². The minimum atomic E-state index is 0.0454. The monoisotopic (exact) mass is 428 g/mol. The van der Waals surface area contributed by atoms with E-state index < -0.39 is 0 Å². The molecule has 4 rings (SSSR count). The molecule has 31 heavy (non-hydrogen) atoms. The van der Waals surface area contributed by atoms with Crippen molar-refractivity contribution in [1.82, 2.24) is 15.5 Å². The number of fused-ring (bicyclic) bond motifs is 1. The van der Waals surface area contributed by atoms with Crippen LogP contribution in [0, 0.1) is 5.92 Å². The van der Waals surface area contributed by atoms with Gasteiger partial charge in [-0.05, 0) is 37.0 Å². The first-order chi connectivity index (χ1) is 15.0. The highest BCUT2D eigenvalue weighted by Gasteiger charge is 2.36. The number of nitrogens with zero attached hydrogens (tertiary/aromatic N) is 2. The number of hydrogen-bond acceptors (Lipinski definition) is 4. The summed E-state index contributed by atoms with van der Waals surface area (Å²) in [5.74, 6) is 2.78. The van der Waals surface area contributed by atoms with Gasteiger partial charge in [0.15, 0.2) is 17.5 Å². The number of carbonyl (C=O) groups excluding carboxylic acids is 1. The van der Waals surface area contributed by atoms with Crippen molar-refractivity contribution < 1.29 is 14.3 Å². The number of carbonyl (C=O) groups is 1. The number of nitrogens with one attached hydrogen (secondary N) is 2. The highest BCUT2D eigenvalue weighted by Crippen LogP contribution is 2.43. The second-order valence-corrected chi connectivity index (χ2v) is 9.40. The van der Waals surface area contributed by atoms with Crippen molar-refractivity contribution in [2.75, 3.05) is 33.5 Å². The number of likely N-dealkylation sites (tertiary alicyclic amines) is 1. The van der Waals surface area contributed by atoms with E-state index in [-0.39, 0.29) is 23.3 Å². The van der Waals surface area contributed by atoms with Crippen LogP contribution in [0.5, 0.6) is 11.5 Å². The van der Waals surface area contributed by atoms with Crippen molar-refractivity contribution in [1.29, 1.82) is 0 Å². The molecule has 2 N–H and O–H groups in total. The first kappa shape index (κ1) is 21.8. The lowest BCUT2D eigenvalue weighted by Crippen LogP contribution is -2.50. The van der Waals surface area contributed by atoms with Crippen LogP contribution in [0.2, 0.25) is 0 Å². The molecule has 2 fully saturated rings. The fraction of sp³-hybridized carbons (Fsp3) is 0.667. The molecule has 1 atom stereocenters. The van der Waals surface area contributed by atoms with E-state index in [0.717, 1.165) is 56.4 Å². The van der Waals surface area contributed by atoms with Gasteiger partial charge in [0.1, 0.15) is 0 Å². The predicted octanol–water partition coefficient (Wildman–Crippen LogP) is 3.04.